The summed E-state index contributed by atoms with van der Waals surface area (Å²) < 4.78 is 6.59. The zero-order valence-electron chi connectivity index (χ0n) is 17.9. The van der Waals surface area contributed by atoms with E-state index in [9.17, 15) is 9.59 Å². The van der Waals surface area contributed by atoms with Gasteiger partial charge in [-0.05, 0) is 68.7 Å². The largest absolute Gasteiger partial charge is 0.468 e. The molecular weight excluding hydrogens is 416 g/mol. The number of thiophene rings is 1. The van der Waals surface area contributed by atoms with Crippen molar-refractivity contribution < 1.29 is 9.53 Å². The summed E-state index contributed by atoms with van der Waals surface area (Å²) in [6, 6.07) is 6.07. The Morgan fingerprint density at radius 3 is 2.87 bits per heavy atom. The molecule has 0 bridgehead atoms. The Hall–Kier alpha value is -2.12. The zero-order valence-corrected chi connectivity index (χ0v) is 19.6. The average Bonchev–Trinajstić information content (AvgIpc) is 3.07. The first kappa shape index (κ1) is 21.1. The Labute approximate surface area is 184 Å². The van der Waals surface area contributed by atoms with Crippen LogP contribution < -0.4 is 5.56 Å². The fourth-order valence-corrected chi connectivity index (χ4v) is 6.37. The van der Waals surface area contributed by atoms with Crippen LogP contribution in [0.5, 0.6) is 0 Å². The molecule has 0 fully saturated rings. The summed E-state index contributed by atoms with van der Waals surface area (Å²) >= 11 is 2.90. The van der Waals surface area contributed by atoms with Gasteiger partial charge in [0.15, 0.2) is 5.16 Å². The number of rotatable bonds is 4. The van der Waals surface area contributed by atoms with Gasteiger partial charge < -0.3 is 4.74 Å². The van der Waals surface area contributed by atoms with Gasteiger partial charge in [-0.3, -0.25) is 14.2 Å². The SMILES string of the molecule is COC(=O)[C@@H](C)Sc1nc2sc3c(c2c(=O)n1-c1cc(C)ccc1C)CC[C@@H](C)C3. The van der Waals surface area contributed by atoms with Crippen molar-refractivity contribution in [3.05, 3.63) is 50.1 Å². The minimum Gasteiger partial charge on any atom is -0.468 e. The molecular formula is C23H26N2O3S2. The molecule has 7 heteroatoms. The molecule has 158 valence electrons. The second kappa shape index (κ2) is 8.19. The molecule has 0 saturated carbocycles. The number of aryl methyl sites for hydroxylation is 3. The fourth-order valence-electron chi connectivity index (χ4n) is 4.00. The molecule has 0 amide bonds. The number of carbonyl (C=O) groups is 1. The molecule has 0 aliphatic heterocycles. The van der Waals surface area contributed by atoms with Crippen molar-refractivity contribution in [3.8, 4) is 5.69 Å². The van der Waals surface area contributed by atoms with Gasteiger partial charge in [-0.2, -0.15) is 0 Å². The lowest BCUT2D eigenvalue weighted by atomic mass is 9.89. The molecule has 0 radical (unpaired) electrons. The lowest BCUT2D eigenvalue weighted by molar-refractivity contribution is -0.139. The van der Waals surface area contributed by atoms with Crippen molar-refractivity contribution in [3.63, 3.8) is 0 Å². The summed E-state index contributed by atoms with van der Waals surface area (Å²) in [6.45, 7) is 8.04. The maximum absolute atomic E-state index is 13.8. The molecule has 1 aromatic carbocycles. The molecule has 2 aromatic heterocycles. The van der Waals surface area contributed by atoms with Crippen molar-refractivity contribution >= 4 is 39.3 Å². The number of hydrogen-bond acceptors (Lipinski definition) is 6. The number of carbonyl (C=O) groups excluding carboxylic acids is 1. The lowest BCUT2D eigenvalue weighted by Crippen LogP contribution is -2.25. The highest BCUT2D eigenvalue weighted by Gasteiger charge is 2.27. The number of esters is 1. The van der Waals surface area contributed by atoms with E-state index < -0.39 is 5.25 Å². The quantitative estimate of drug-likeness (QED) is 0.329. The Morgan fingerprint density at radius 1 is 1.37 bits per heavy atom. The molecule has 0 unspecified atom stereocenters. The van der Waals surface area contributed by atoms with E-state index in [0.717, 1.165) is 46.3 Å². The zero-order chi connectivity index (χ0) is 21.6. The third kappa shape index (κ3) is 3.69. The molecule has 2 atom stereocenters. The van der Waals surface area contributed by atoms with Crippen LogP contribution in [0.4, 0.5) is 0 Å². The molecule has 5 nitrogen and oxygen atoms in total. The maximum atomic E-state index is 13.8. The minimum absolute atomic E-state index is 0.0414. The second-order valence-electron chi connectivity index (χ2n) is 8.14. The summed E-state index contributed by atoms with van der Waals surface area (Å²) in [5.41, 5.74) is 4.01. The predicted molar refractivity (Wildman–Crippen MR) is 123 cm³/mol. The van der Waals surface area contributed by atoms with Gasteiger partial charge in [0.05, 0.1) is 18.2 Å². The van der Waals surface area contributed by atoms with Crippen LogP contribution in [0.25, 0.3) is 15.9 Å². The van der Waals surface area contributed by atoms with Crippen LogP contribution in [0, 0.1) is 19.8 Å². The monoisotopic (exact) mass is 442 g/mol. The molecule has 4 rings (SSSR count). The topological polar surface area (TPSA) is 61.2 Å². The number of fused-ring (bicyclic) bond motifs is 3. The normalized spacial score (nSPS) is 17.0. The van der Waals surface area contributed by atoms with Crippen molar-refractivity contribution in [1.82, 2.24) is 9.55 Å². The van der Waals surface area contributed by atoms with Crippen molar-refractivity contribution in [2.75, 3.05) is 7.11 Å². The van der Waals surface area contributed by atoms with Gasteiger partial charge in [-0.1, -0.05) is 30.8 Å². The Bertz CT molecular complexity index is 1200. The summed E-state index contributed by atoms with van der Waals surface area (Å²) in [7, 11) is 1.38. The van der Waals surface area contributed by atoms with Crippen LogP contribution in [0.1, 0.15) is 41.8 Å². The molecule has 2 heterocycles. The standard InChI is InChI=1S/C23H26N2O3S2/c1-12-6-8-14(3)17(10-12)25-21(26)19-16-9-7-13(2)11-18(16)30-20(19)24-23(25)29-15(4)22(27)28-5/h6,8,10,13,15H,7,9,11H2,1-5H3/t13-,15-/m1/s1. The smallest absolute Gasteiger partial charge is 0.318 e. The van der Waals surface area contributed by atoms with E-state index in [1.807, 2.05) is 32.0 Å². The lowest BCUT2D eigenvalue weighted by Gasteiger charge is -2.18. The first-order valence-electron chi connectivity index (χ1n) is 10.2. The van der Waals surface area contributed by atoms with E-state index >= 15 is 0 Å². The summed E-state index contributed by atoms with van der Waals surface area (Å²) in [5, 5.41) is 0.814. The highest BCUT2D eigenvalue weighted by Crippen LogP contribution is 2.37. The van der Waals surface area contributed by atoms with E-state index in [1.165, 1.54) is 29.3 Å². The van der Waals surface area contributed by atoms with E-state index in [4.69, 9.17) is 9.72 Å². The second-order valence-corrected chi connectivity index (χ2v) is 10.5. The highest BCUT2D eigenvalue weighted by atomic mass is 32.2. The third-order valence-corrected chi connectivity index (χ3v) is 7.90. The molecule has 0 N–H and O–H groups in total. The number of hydrogen-bond donors (Lipinski definition) is 0. The van der Waals surface area contributed by atoms with E-state index in [2.05, 4.69) is 6.92 Å². The number of benzene rings is 1. The van der Waals surface area contributed by atoms with Crippen molar-refractivity contribution in [2.24, 2.45) is 5.92 Å². The van der Waals surface area contributed by atoms with Crippen LogP contribution in [0.15, 0.2) is 28.2 Å². The number of methoxy groups -OCH3 is 1. The molecule has 0 saturated heterocycles. The first-order chi connectivity index (χ1) is 14.3. The molecule has 30 heavy (non-hydrogen) atoms. The van der Waals surface area contributed by atoms with Gasteiger partial charge in [0.2, 0.25) is 0 Å². The number of ether oxygens (including phenoxy) is 1. The van der Waals surface area contributed by atoms with Gasteiger partial charge in [-0.15, -0.1) is 11.3 Å². The maximum Gasteiger partial charge on any atom is 0.318 e. The Balaban J connectivity index is 1.99. The third-order valence-electron chi connectivity index (χ3n) is 5.72. The van der Waals surface area contributed by atoms with Crippen molar-refractivity contribution in [2.45, 2.75) is 57.4 Å². The van der Waals surface area contributed by atoms with Crippen LogP contribution in [-0.2, 0) is 22.4 Å². The van der Waals surface area contributed by atoms with Gasteiger partial charge >= 0.3 is 5.97 Å². The van der Waals surface area contributed by atoms with E-state index in [-0.39, 0.29) is 11.5 Å². The van der Waals surface area contributed by atoms with E-state index in [1.54, 1.807) is 22.8 Å². The van der Waals surface area contributed by atoms with Crippen LogP contribution in [0.2, 0.25) is 0 Å². The number of thioether (sulfide) groups is 1. The molecule has 1 aliphatic rings. The summed E-state index contributed by atoms with van der Waals surface area (Å²) in [4.78, 5) is 32.9. The predicted octanol–water partition coefficient (Wildman–Crippen LogP) is 4.84. The van der Waals surface area contributed by atoms with Gasteiger partial charge in [0, 0.05) is 4.88 Å². The number of aromatic nitrogens is 2. The van der Waals surface area contributed by atoms with Crippen LogP contribution in [0.3, 0.4) is 0 Å². The fraction of sp³-hybridized carbons (Fsp3) is 0.435. The van der Waals surface area contributed by atoms with Crippen LogP contribution >= 0.6 is 23.1 Å². The van der Waals surface area contributed by atoms with Crippen LogP contribution in [-0.4, -0.2) is 27.9 Å². The molecule has 3 aromatic rings. The van der Waals surface area contributed by atoms with Gasteiger partial charge in [-0.25, -0.2) is 4.98 Å². The average molecular weight is 443 g/mol. The van der Waals surface area contributed by atoms with E-state index in [0.29, 0.717) is 11.1 Å². The summed E-state index contributed by atoms with van der Waals surface area (Å²) in [6.07, 6.45) is 3.02. The minimum atomic E-state index is -0.467. The summed E-state index contributed by atoms with van der Waals surface area (Å²) in [5.74, 6) is 0.293. The van der Waals surface area contributed by atoms with Gasteiger partial charge in [0.1, 0.15) is 10.1 Å². The Kier molecular flexibility index (Phi) is 5.77. The first-order valence-corrected chi connectivity index (χ1v) is 11.9. The molecule has 0 spiro atoms. The molecule has 1 aliphatic carbocycles. The highest BCUT2D eigenvalue weighted by molar-refractivity contribution is 8.00. The Morgan fingerprint density at radius 2 is 2.13 bits per heavy atom. The van der Waals surface area contributed by atoms with Crippen molar-refractivity contribution in [1.29, 1.82) is 0 Å². The number of nitrogens with zero attached hydrogens (tertiary/aromatic N) is 2. The van der Waals surface area contributed by atoms with Gasteiger partial charge in [0.25, 0.3) is 5.56 Å².